The second-order valence-electron chi connectivity index (χ2n) is 8.15. The molecule has 7 nitrogen and oxygen atoms in total. The third-order valence-electron chi connectivity index (χ3n) is 5.55. The third kappa shape index (κ3) is 3.81. The largest absolute Gasteiger partial charge is 0.497 e. The van der Waals surface area contributed by atoms with Crippen LogP contribution in [0.2, 0.25) is 0 Å². The van der Waals surface area contributed by atoms with Crippen molar-refractivity contribution in [1.82, 2.24) is 14.5 Å². The van der Waals surface area contributed by atoms with Crippen molar-refractivity contribution in [3.8, 4) is 28.8 Å². The van der Waals surface area contributed by atoms with Crippen molar-refractivity contribution in [2.24, 2.45) is 11.8 Å². The monoisotopic (exact) mass is 402 g/mol. The second kappa shape index (κ2) is 8.07. The summed E-state index contributed by atoms with van der Waals surface area (Å²) in [5, 5.41) is 9.96. The Morgan fingerprint density at radius 1 is 1.17 bits per heavy atom. The van der Waals surface area contributed by atoms with Gasteiger partial charge in [-0.3, -0.25) is 4.57 Å². The molecule has 3 heterocycles. The van der Waals surface area contributed by atoms with Crippen molar-refractivity contribution in [1.29, 1.82) is 5.26 Å². The molecule has 0 amide bonds. The van der Waals surface area contributed by atoms with Crippen molar-refractivity contribution in [2.45, 2.75) is 20.3 Å². The molecular formula is C23H26N6O. The molecular weight excluding hydrogens is 376 g/mol. The number of anilines is 2. The summed E-state index contributed by atoms with van der Waals surface area (Å²) in [7, 11) is 1.66. The van der Waals surface area contributed by atoms with Crippen molar-refractivity contribution >= 4 is 11.5 Å². The molecule has 1 fully saturated rings. The van der Waals surface area contributed by atoms with Crippen LogP contribution >= 0.6 is 0 Å². The van der Waals surface area contributed by atoms with E-state index >= 15 is 0 Å². The van der Waals surface area contributed by atoms with E-state index < -0.39 is 0 Å². The van der Waals surface area contributed by atoms with Gasteiger partial charge in [0.15, 0.2) is 5.82 Å². The van der Waals surface area contributed by atoms with Gasteiger partial charge in [0.1, 0.15) is 29.5 Å². The van der Waals surface area contributed by atoms with Crippen LogP contribution in [0.4, 0.5) is 11.5 Å². The molecule has 2 aromatic heterocycles. The number of hydrogen-bond donors (Lipinski definition) is 1. The number of pyridine rings is 1. The Morgan fingerprint density at radius 3 is 2.57 bits per heavy atom. The Bertz CT molecular complexity index is 1080. The predicted octanol–water partition coefficient (Wildman–Crippen LogP) is 3.88. The first-order valence-corrected chi connectivity index (χ1v) is 10.1. The van der Waals surface area contributed by atoms with Gasteiger partial charge in [0, 0.05) is 42.8 Å². The number of aromatic nitrogens is 3. The van der Waals surface area contributed by atoms with Crippen LogP contribution in [0.3, 0.4) is 0 Å². The number of methoxy groups -OCH3 is 1. The van der Waals surface area contributed by atoms with Gasteiger partial charge in [-0.2, -0.15) is 5.26 Å². The van der Waals surface area contributed by atoms with E-state index in [1.165, 1.54) is 6.42 Å². The molecule has 1 aliphatic heterocycles. The molecule has 1 aromatic carbocycles. The number of ether oxygens (including phenoxy) is 1. The van der Waals surface area contributed by atoms with Gasteiger partial charge in [-0.05, 0) is 42.0 Å². The molecule has 0 bridgehead atoms. The van der Waals surface area contributed by atoms with Crippen LogP contribution in [0.25, 0.3) is 16.9 Å². The molecule has 1 saturated heterocycles. The molecule has 0 spiro atoms. The fourth-order valence-corrected chi connectivity index (χ4v) is 4.37. The highest BCUT2D eigenvalue weighted by molar-refractivity contribution is 5.79. The van der Waals surface area contributed by atoms with Crippen LogP contribution in [0.5, 0.6) is 5.75 Å². The Morgan fingerprint density at radius 2 is 1.93 bits per heavy atom. The quantitative estimate of drug-likeness (QED) is 0.712. The summed E-state index contributed by atoms with van der Waals surface area (Å²) in [5.74, 6) is 2.81. The fourth-order valence-electron chi connectivity index (χ4n) is 4.37. The maximum atomic E-state index is 9.96. The third-order valence-corrected chi connectivity index (χ3v) is 5.55. The normalized spacial score (nSPS) is 18.8. The zero-order chi connectivity index (χ0) is 21.3. The lowest BCUT2D eigenvalue weighted by Crippen LogP contribution is -2.38. The molecule has 0 saturated carbocycles. The Balaban J connectivity index is 1.86. The average Bonchev–Trinajstić information content (AvgIpc) is 3.27. The smallest absolute Gasteiger partial charge is 0.158 e. The first-order chi connectivity index (χ1) is 14.5. The minimum Gasteiger partial charge on any atom is -0.497 e. The van der Waals surface area contributed by atoms with Crippen LogP contribution in [0.15, 0.2) is 43.0 Å². The average molecular weight is 403 g/mol. The molecule has 0 radical (unpaired) electrons. The first-order valence-electron chi connectivity index (χ1n) is 10.1. The second-order valence-corrected chi connectivity index (χ2v) is 8.15. The summed E-state index contributed by atoms with van der Waals surface area (Å²) in [6.07, 6.45) is 6.24. The molecule has 154 valence electrons. The van der Waals surface area contributed by atoms with E-state index in [2.05, 4.69) is 46.9 Å². The van der Waals surface area contributed by atoms with Crippen LogP contribution in [0.1, 0.15) is 25.8 Å². The lowest BCUT2D eigenvalue weighted by molar-refractivity contribution is 0.356. The highest BCUT2D eigenvalue weighted by Gasteiger charge is 2.23. The maximum absolute atomic E-state index is 9.96. The van der Waals surface area contributed by atoms with Crippen LogP contribution in [-0.2, 0) is 0 Å². The minimum atomic E-state index is 0.345. The van der Waals surface area contributed by atoms with E-state index in [4.69, 9.17) is 10.5 Å². The van der Waals surface area contributed by atoms with Crippen LogP contribution in [-0.4, -0.2) is 34.7 Å². The highest BCUT2D eigenvalue weighted by atomic mass is 16.5. The number of nitrogens with zero attached hydrogens (tertiary/aromatic N) is 5. The van der Waals surface area contributed by atoms with Gasteiger partial charge in [0.05, 0.1) is 7.11 Å². The Kier molecular flexibility index (Phi) is 5.32. The molecule has 2 unspecified atom stereocenters. The van der Waals surface area contributed by atoms with Crippen LogP contribution < -0.4 is 15.4 Å². The summed E-state index contributed by atoms with van der Waals surface area (Å²) in [5.41, 5.74) is 9.26. The number of imidazole rings is 1. The van der Waals surface area contributed by atoms with Gasteiger partial charge < -0.3 is 15.4 Å². The van der Waals surface area contributed by atoms with Gasteiger partial charge >= 0.3 is 0 Å². The summed E-state index contributed by atoms with van der Waals surface area (Å²) < 4.78 is 7.30. The number of hydrogen-bond acceptors (Lipinski definition) is 6. The van der Waals surface area contributed by atoms with Crippen molar-refractivity contribution < 1.29 is 4.74 Å². The fraction of sp³-hybridized carbons (Fsp3) is 0.348. The summed E-state index contributed by atoms with van der Waals surface area (Å²) in [6, 6.07) is 10.2. The zero-order valence-corrected chi connectivity index (χ0v) is 17.5. The van der Waals surface area contributed by atoms with Gasteiger partial charge in [-0.1, -0.05) is 13.8 Å². The first kappa shape index (κ1) is 19.8. The number of nitrogen functional groups attached to an aromatic ring is 1. The number of nitrogens with two attached hydrogens (primary N) is 1. The zero-order valence-electron chi connectivity index (χ0n) is 17.5. The Hall–Kier alpha value is -3.53. The van der Waals surface area contributed by atoms with Crippen molar-refractivity contribution in [2.75, 3.05) is 30.8 Å². The van der Waals surface area contributed by atoms with Gasteiger partial charge in [0.2, 0.25) is 0 Å². The van der Waals surface area contributed by atoms with Crippen molar-refractivity contribution in [3.05, 3.63) is 48.5 Å². The standard InChI is InChI=1S/C23H26N6O/c1-15-6-16(2)13-29(12-15)18-7-17(8-19(9-18)30-3)20-10-22(25)27-23(21(20)11-24)28-5-4-26-14-28/h4-5,7-10,14-16H,6,12-13H2,1-3H3,(H2,25,27). The van der Waals surface area contributed by atoms with Crippen molar-refractivity contribution in [3.63, 3.8) is 0 Å². The lowest BCUT2D eigenvalue weighted by atomic mass is 9.91. The molecule has 0 aliphatic carbocycles. The van der Waals surface area contributed by atoms with Crippen LogP contribution in [0, 0.1) is 23.2 Å². The molecule has 3 aromatic rings. The molecule has 2 atom stereocenters. The van der Waals surface area contributed by atoms with Gasteiger partial charge in [-0.25, -0.2) is 9.97 Å². The molecule has 2 N–H and O–H groups in total. The van der Waals surface area contributed by atoms with E-state index in [-0.39, 0.29) is 0 Å². The number of nitriles is 1. The summed E-state index contributed by atoms with van der Waals surface area (Å²) >= 11 is 0. The number of benzene rings is 1. The van der Waals surface area contributed by atoms with E-state index in [1.54, 1.807) is 36.5 Å². The SMILES string of the molecule is COc1cc(-c2cc(N)nc(-n3ccnc3)c2C#N)cc(N2CC(C)CC(C)C2)c1. The summed E-state index contributed by atoms with van der Waals surface area (Å²) in [6.45, 7) is 6.58. The molecule has 1 aliphatic rings. The van der Waals surface area contributed by atoms with Gasteiger partial charge in [0.25, 0.3) is 0 Å². The highest BCUT2D eigenvalue weighted by Crippen LogP contribution is 2.36. The predicted molar refractivity (Wildman–Crippen MR) is 118 cm³/mol. The lowest BCUT2D eigenvalue weighted by Gasteiger charge is -2.37. The molecule has 30 heavy (non-hydrogen) atoms. The van der Waals surface area contributed by atoms with E-state index in [0.717, 1.165) is 35.7 Å². The molecule has 4 rings (SSSR count). The topological polar surface area (TPSA) is 93.0 Å². The van der Waals surface area contributed by atoms with E-state index in [1.807, 2.05) is 6.07 Å². The number of rotatable bonds is 4. The van der Waals surface area contributed by atoms with Gasteiger partial charge in [-0.15, -0.1) is 0 Å². The minimum absolute atomic E-state index is 0.345. The van der Waals surface area contributed by atoms with E-state index in [9.17, 15) is 5.26 Å². The summed E-state index contributed by atoms with van der Waals surface area (Å²) in [4.78, 5) is 10.9. The maximum Gasteiger partial charge on any atom is 0.158 e. The Labute approximate surface area is 176 Å². The number of piperidine rings is 1. The molecule has 7 heteroatoms. The van der Waals surface area contributed by atoms with E-state index in [0.29, 0.717) is 29.0 Å².